The summed E-state index contributed by atoms with van der Waals surface area (Å²) in [4.78, 5) is 0. The molecule has 0 aliphatic heterocycles. The molecule has 0 aliphatic carbocycles. The predicted octanol–water partition coefficient (Wildman–Crippen LogP) is 3.38. The van der Waals surface area contributed by atoms with Gasteiger partial charge in [0.05, 0.1) is 11.7 Å². The van der Waals surface area contributed by atoms with Crippen LogP contribution in [0, 0.1) is 0 Å². The zero-order chi connectivity index (χ0) is 13.4. The molecule has 2 N–H and O–H groups in total. The first-order chi connectivity index (χ1) is 8.61. The molecule has 98 valence electrons. The molecule has 1 rings (SSSR count). The second kappa shape index (κ2) is 7.14. The summed E-state index contributed by atoms with van der Waals surface area (Å²) in [6, 6.07) is 9.51. The van der Waals surface area contributed by atoms with E-state index in [1.54, 1.807) is 12.2 Å². The molecule has 0 saturated carbocycles. The standard InChI is InChI=1S/C16H22O2/c1-3-11-16(18,12-4-2)13-10-15(17)14-8-6-5-7-9-14/h3-9,15,17-18H,1-2,10-13H2. The van der Waals surface area contributed by atoms with Crippen molar-refractivity contribution in [2.45, 2.75) is 37.4 Å². The third kappa shape index (κ3) is 4.47. The Labute approximate surface area is 109 Å². The maximum atomic E-state index is 10.4. The highest BCUT2D eigenvalue weighted by Crippen LogP contribution is 2.27. The second-order valence-electron chi connectivity index (χ2n) is 4.68. The van der Waals surface area contributed by atoms with Crippen LogP contribution in [0.5, 0.6) is 0 Å². The minimum absolute atomic E-state index is 0.514. The van der Waals surface area contributed by atoms with Gasteiger partial charge in [-0.2, -0.15) is 0 Å². The van der Waals surface area contributed by atoms with Crippen molar-refractivity contribution < 1.29 is 10.2 Å². The Kier molecular flexibility index (Phi) is 5.83. The lowest BCUT2D eigenvalue weighted by Crippen LogP contribution is -2.27. The quantitative estimate of drug-likeness (QED) is 0.690. The predicted molar refractivity (Wildman–Crippen MR) is 75.2 cm³/mol. The van der Waals surface area contributed by atoms with Crippen LogP contribution in [0.3, 0.4) is 0 Å². The topological polar surface area (TPSA) is 40.5 Å². The third-order valence-electron chi connectivity index (χ3n) is 3.12. The Morgan fingerprint density at radius 3 is 2.17 bits per heavy atom. The zero-order valence-corrected chi connectivity index (χ0v) is 10.8. The third-order valence-corrected chi connectivity index (χ3v) is 3.12. The Hall–Kier alpha value is -1.38. The van der Waals surface area contributed by atoms with E-state index >= 15 is 0 Å². The lowest BCUT2D eigenvalue weighted by atomic mass is 9.88. The molecule has 0 fully saturated rings. The molecular formula is C16H22O2. The van der Waals surface area contributed by atoms with Crippen molar-refractivity contribution in [2.75, 3.05) is 0 Å². The highest BCUT2D eigenvalue weighted by Gasteiger charge is 2.24. The maximum absolute atomic E-state index is 10.4. The van der Waals surface area contributed by atoms with Gasteiger partial charge in [-0.3, -0.25) is 0 Å². The molecule has 0 spiro atoms. The van der Waals surface area contributed by atoms with Crippen molar-refractivity contribution in [3.8, 4) is 0 Å². The molecule has 2 heteroatoms. The fourth-order valence-corrected chi connectivity index (χ4v) is 2.07. The number of aliphatic hydroxyl groups excluding tert-OH is 1. The van der Waals surface area contributed by atoms with Crippen LogP contribution in [0.1, 0.15) is 37.4 Å². The van der Waals surface area contributed by atoms with Crippen LogP contribution in [-0.2, 0) is 0 Å². The van der Waals surface area contributed by atoms with E-state index in [1.807, 2.05) is 30.3 Å². The highest BCUT2D eigenvalue weighted by atomic mass is 16.3. The zero-order valence-electron chi connectivity index (χ0n) is 10.8. The van der Waals surface area contributed by atoms with E-state index in [4.69, 9.17) is 0 Å². The van der Waals surface area contributed by atoms with Gasteiger partial charge in [0, 0.05) is 0 Å². The van der Waals surface area contributed by atoms with Crippen LogP contribution in [0.25, 0.3) is 0 Å². The number of rotatable bonds is 8. The minimum Gasteiger partial charge on any atom is -0.389 e. The first kappa shape index (κ1) is 14.7. The first-order valence-electron chi connectivity index (χ1n) is 6.28. The van der Waals surface area contributed by atoms with E-state index in [0.717, 1.165) is 5.56 Å². The minimum atomic E-state index is -0.834. The van der Waals surface area contributed by atoms with Gasteiger partial charge >= 0.3 is 0 Å². The second-order valence-corrected chi connectivity index (χ2v) is 4.68. The molecule has 0 heterocycles. The van der Waals surface area contributed by atoms with Crippen molar-refractivity contribution in [1.29, 1.82) is 0 Å². The van der Waals surface area contributed by atoms with Gasteiger partial charge in [0.15, 0.2) is 0 Å². The van der Waals surface area contributed by atoms with Crippen LogP contribution >= 0.6 is 0 Å². The van der Waals surface area contributed by atoms with Crippen LogP contribution in [0.2, 0.25) is 0 Å². The highest BCUT2D eigenvalue weighted by molar-refractivity contribution is 5.17. The van der Waals surface area contributed by atoms with Crippen LogP contribution in [0.4, 0.5) is 0 Å². The maximum Gasteiger partial charge on any atom is 0.0791 e. The number of hydrogen-bond acceptors (Lipinski definition) is 2. The Balaban J connectivity index is 2.57. The number of benzene rings is 1. The largest absolute Gasteiger partial charge is 0.389 e. The number of hydrogen-bond donors (Lipinski definition) is 2. The Bertz CT molecular complexity index is 360. The van der Waals surface area contributed by atoms with Crippen molar-refractivity contribution in [3.63, 3.8) is 0 Å². The summed E-state index contributed by atoms with van der Waals surface area (Å²) in [6.45, 7) is 7.31. The van der Waals surface area contributed by atoms with Gasteiger partial charge in [0.2, 0.25) is 0 Å². The van der Waals surface area contributed by atoms with E-state index in [0.29, 0.717) is 25.7 Å². The lowest BCUT2D eigenvalue weighted by molar-refractivity contribution is 0.0203. The van der Waals surface area contributed by atoms with Gasteiger partial charge in [-0.15, -0.1) is 13.2 Å². The summed E-state index contributed by atoms with van der Waals surface area (Å²) in [5, 5.41) is 20.4. The molecule has 0 aromatic heterocycles. The van der Waals surface area contributed by atoms with Gasteiger partial charge < -0.3 is 10.2 Å². The summed E-state index contributed by atoms with van der Waals surface area (Å²) in [5.74, 6) is 0. The fourth-order valence-electron chi connectivity index (χ4n) is 2.07. The molecule has 1 aromatic rings. The monoisotopic (exact) mass is 246 g/mol. The van der Waals surface area contributed by atoms with E-state index in [1.165, 1.54) is 0 Å². The van der Waals surface area contributed by atoms with Gasteiger partial charge in [-0.05, 0) is 31.2 Å². The molecular weight excluding hydrogens is 224 g/mol. The average molecular weight is 246 g/mol. The Morgan fingerprint density at radius 1 is 1.11 bits per heavy atom. The van der Waals surface area contributed by atoms with E-state index in [2.05, 4.69) is 13.2 Å². The summed E-state index contributed by atoms with van der Waals surface area (Å²) < 4.78 is 0. The molecule has 2 nitrogen and oxygen atoms in total. The summed E-state index contributed by atoms with van der Waals surface area (Å²) in [5.41, 5.74) is 0.0521. The first-order valence-corrected chi connectivity index (χ1v) is 6.28. The van der Waals surface area contributed by atoms with Crippen molar-refractivity contribution >= 4 is 0 Å². The average Bonchev–Trinajstić information content (AvgIpc) is 2.38. The summed E-state index contributed by atoms with van der Waals surface area (Å²) >= 11 is 0. The van der Waals surface area contributed by atoms with Gasteiger partial charge in [0.25, 0.3) is 0 Å². The Morgan fingerprint density at radius 2 is 1.67 bits per heavy atom. The lowest BCUT2D eigenvalue weighted by Gasteiger charge is -2.26. The molecule has 0 aliphatic rings. The van der Waals surface area contributed by atoms with Crippen molar-refractivity contribution in [2.24, 2.45) is 0 Å². The van der Waals surface area contributed by atoms with E-state index in [-0.39, 0.29) is 0 Å². The number of aliphatic hydroxyl groups is 2. The molecule has 0 bridgehead atoms. The molecule has 1 unspecified atom stereocenters. The molecule has 1 aromatic carbocycles. The van der Waals surface area contributed by atoms with Gasteiger partial charge in [0.1, 0.15) is 0 Å². The fraction of sp³-hybridized carbons (Fsp3) is 0.375. The van der Waals surface area contributed by atoms with Crippen LogP contribution in [-0.4, -0.2) is 15.8 Å². The molecule has 18 heavy (non-hydrogen) atoms. The van der Waals surface area contributed by atoms with Gasteiger partial charge in [-0.1, -0.05) is 42.5 Å². The van der Waals surface area contributed by atoms with E-state index < -0.39 is 11.7 Å². The summed E-state index contributed by atoms with van der Waals surface area (Å²) in [7, 11) is 0. The molecule has 0 amide bonds. The van der Waals surface area contributed by atoms with Crippen LogP contribution in [0.15, 0.2) is 55.6 Å². The normalized spacial score (nSPS) is 13.0. The molecule has 1 atom stereocenters. The SMILES string of the molecule is C=CCC(O)(CC=C)CCC(O)c1ccccc1. The van der Waals surface area contributed by atoms with Crippen LogP contribution < -0.4 is 0 Å². The van der Waals surface area contributed by atoms with E-state index in [9.17, 15) is 10.2 Å². The van der Waals surface area contributed by atoms with Gasteiger partial charge in [-0.25, -0.2) is 0 Å². The molecule has 0 saturated heterocycles. The summed E-state index contributed by atoms with van der Waals surface area (Å²) in [6.07, 6.45) is 4.97. The van der Waals surface area contributed by atoms with Crippen molar-refractivity contribution in [3.05, 3.63) is 61.2 Å². The van der Waals surface area contributed by atoms with Crippen molar-refractivity contribution in [1.82, 2.24) is 0 Å². The smallest absolute Gasteiger partial charge is 0.0791 e. The molecule has 0 radical (unpaired) electrons.